The Balaban J connectivity index is 1.63. The molecule has 0 aromatic heterocycles. The van der Waals surface area contributed by atoms with Crippen LogP contribution < -0.4 is 5.32 Å². The molecule has 4 nitrogen and oxygen atoms in total. The van der Waals surface area contributed by atoms with E-state index in [0.717, 1.165) is 19.6 Å². The summed E-state index contributed by atoms with van der Waals surface area (Å²) in [5, 5.41) is 3.71. The van der Waals surface area contributed by atoms with E-state index in [4.69, 9.17) is 0 Å². The van der Waals surface area contributed by atoms with Gasteiger partial charge in [0.2, 0.25) is 5.91 Å². The van der Waals surface area contributed by atoms with Gasteiger partial charge in [0.1, 0.15) is 0 Å². The fourth-order valence-corrected chi connectivity index (χ4v) is 4.67. The number of rotatable bonds is 4. The second-order valence-corrected chi connectivity index (χ2v) is 7.16. The summed E-state index contributed by atoms with van der Waals surface area (Å²) in [7, 11) is 0. The number of piperidine rings is 2. The Kier molecular flexibility index (Phi) is 4.85. The molecule has 0 aliphatic carbocycles. The van der Waals surface area contributed by atoms with Gasteiger partial charge in [0, 0.05) is 31.2 Å². The molecule has 0 radical (unpaired) electrons. The van der Waals surface area contributed by atoms with Gasteiger partial charge in [-0.15, -0.1) is 0 Å². The molecule has 4 heteroatoms. The highest BCUT2D eigenvalue weighted by Gasteiger charge is 2.38. The number of nitrogens with one attached hydrogen (secondary N) is 1. The molecule has 120 valence electrons. The molecule has 0 saturated carbocycles. The number of amides is 1. The molecular weight excluding hydrogens is 262 g/mol. The second kappa shape index (κ2) is 6.66. The van der Waals surface area contributed by atoms with Crippen molar-refractivity contribution < 1.29 is 4.79 Å². The standard InChI is InChI=1S/C17H31N3O/c1-3-20(16-11-14-7-8-15(12-16)18-14)13(2)17(21)19-9-5-4-6-10-19/h13-16,18H,3-12H2,1-2H3. The quantitative estimate of drug-likeness (QED) is 0.861. The van der Waals surface area contributed by atoms with E-state index in [1.165, 1.54) is 44.9 Å². The van der Waals surface area contributed by atoms with E-state index in [2.05, 4.69) is 29.0 Å². The van der Waals surface area contributed by atoms with Crippen LogP contribution in [0.3, 0.4) is 0 Å². The third kappa shape index (κ3) is 3.26. The van der Waals surface area contributed by atoms with Gasteiger partial charge in [-0.3, -0.25) is 9.69 Å². The summed E-state index contributed by atoms with van der Waals surface area (Å²) >= 11 is 0. The maximum atomic E-state index is 12.8. The summed E-state index contributed by atoms with van der Waals surface area (Å²) in [6.07, 6.45) is 8.75. The van der Waals surface area contributed by atoms with Gasteiger partial charge in [-0.2, -0.15) is 0 Å². The van der Waals surface area contributed by atoms with Crippen molar-refractivity contribution in [3.8, 4) is 0 Å². The lowest BCUT2D eigenvalue weighted by Crippen LogP contribution is -2.55. The van der Waals surface area contributed by atoms with Gasteiger partial charge in [-0.05, 0) is 58.4 Å². The molecule has 3 unspecified atom stereocenters. The average molecular weight is 293 g/mol. The molecule has 2 bridgehead atoms. The van der Waals surface area contributed by atoms with Crippen LogP contribution in [0.15, 0.2) is 0 Å². The van der Waals surface area contributed by atoms with Crippen LogP contribution in [0.4, 0.5) is 0 Å². The van der Waals surface area contributed by atoms with Gasteiger partial charge in [0.15, 0.2) is 0 Å². The van der Waals surface area contributed by atoms with Gasteiger partial charge in [0.05, 0.1) is 6.04 Å². The van der Waals surface area contributed by atoms with Crippen LogP contribution in [0.2, 0.25) is 0 Å². The first-order valence-corrected chi connectivity index (χ1v) is 8.99. The van der Waals surface area contributed by atoms with Gasteiger partial charge in [0.25, 0.3) is 0 Å². The number of likely N-dealkylation sites (tertiary alicyclic amines) is 1. The Morgan fingerprint density at radius 3 is 2.38 bits per heavy atom. The zero-order chi connectivity index (χ0) is 14.8. The summed E-state index contributed by atoms with van der Waals surface area (Å²) in [6.45, 7) is 7.27. The number of nitrogens with zero attached hydrogens (tertiary/aromatic N) is 2. The van der Waals surface area contributed by atoms with Crippen molar-refractivity contribution in [1.29, 1.82) is 0 Å². The molecule has 0 spiro atoms. The maximum absolute atomic E-state index is 12.8. The summed E-state index contributed by atoms with van der Waals surface area (Å²) < 4.78 is 0. The third-order valence-electron chi connectivity index (χ3n) is 5.80. The van der Waals surface area contributed by atoms with Crippen molar-refractivity contribution in [3.63, 3.8) is 0 Å². The van der Waals surface area contributed by atoms with Gasteiger partial charge in [-0.25, -0.2) is 0 Å². The van der Waals surface area contributed by atoms with Crippen molar-refractivity contribution in [2.45, 2.75) is 83.0 Å². The zero-order valence-corrected chi connectivity index (χ0v) is 13.7. The van der Waals surface area contributed by atoms with Crippen LogP contribution in [-0.2, 0) is 4.79 Å². The molecule has 3 atom stereocenters. The number of hydrogen-bond donors (Lipinski definition) is 1. The highest BCUT2D eigenvalue weighted by molar-refractivity contribution is 5.81. The largest absolute Gasteiger partial charge is 0.341 e. The van der Waals surface area contributed by atoms with Crippen molar-refractivity contribution in [1.82, 2.24) is 15.1 Å². The molecular formula is C17H31N3O. The number of carbonyl (C=O) groups is 1. The lowest BCUT2D eigenvalue weighted by atomic mass is 9.96. The summed E-state index contributed by atoms with van der Waals surface area (Å²) in [5.74, 6) is 0.363. The Morgan fingerprint density at radius 1 is 1.19 bits per heavy atom. The Hall–Kier alpha value is -0.610. The summed E-state index contributed by atoms with van der Waals surface area (Å²) in [6, 6.07) is 2.04. The predicted molar refractivity (Wildman–Crippen MR) is 85.2 cm³/mol. The number of carbonyl (C=O) groups excluding carboxylic acids is 1. The summed E-state index contributed by atoms with van der Waals surface area (Å²) in [5.41, 5.74) is 0. The van der Waals surface area contributed by atoms with E-state index in [9.17, 15) is 4.79 Å². The third-order valence-corrected chi connectivity index (χ3v) is 5.80. The van der Waals surface area contributed by atoms with Crippen LogP contribution in [-0.4, -0.2) is 59.5 Å². The van der Waals surface area contributed by atoms with Crippen molar-refractivity contribution in [3.05, 3.63) is 0 Å². The lowest BCUT2D eigenvalue weighted by Gasteiger charge is -2.41. The SMILES string of the molecule is CCN(C1CC2CCC(C1)N2)C(C)C(=O)N1CCCCC1. The maximum Gasteiger partial charge on any atom is 0.239 e. The number of likely N-dealkylation sites (N-methyl/N-ethyl adjacent to an activating group) is 1. The zero-order valence-electron chi connectivity index (χ0n) is 13.7. The van der Waals surface area contributed by atoms with Crippen molar-refractivity contribution >= 4 is 5.91 Å². The molecule has 3 fully saturated rings. The fraction of sp³-hybridized carbons (Fsp3) is 0.941. The van der Waals surface area contributed by atoms with Crippen molar-refractivity contribution in [2.24, 2.45) is 0 Å². The molecule has 21 heavy (non-hydrogen) atoms. The first kappa shape index (κ1) is 15.3. The fourth-order valence-electron chi connectivity index (χ4n) is 4.67. The predicted octanol–water partition coefficient (Wildman–Crippen LogP) is 1.99. The van der Waals surface area contributed by atoms with Crippen LogP contribution in [0.5, 0.6) is 0 Å². The van der Waals surface area contributed by atoms with Crippen LogP contribution in [0, 0.1) is 0 Å². The van der Waals surface area contributed by atoms with Crippen molar-refractivity contribution in [2.75, 3.05) is 19.6 Å². The van der Waals surface area contributed by atoms with Gasteiger partial charge >= 0.3 is 0 Å². The minimum absolute atomic E-state index is 0.0515. The van der Waals surface area contributed by atoms with E-state index in [1.807, 2.05) is 0 Å². The number of hydrogen-bond acceptors (Lipinski definition) is 3. The monoisotopic (exact) mass is 293 g/mol. The number of fused-ring (bicyclic) bond motifs is 2. The minimum atomic E-state index is 0.0515. The molecule has 3 saturated heterocycles. The summed E-state index contributed by atoms with van der Waals surface area (Å²) in [4.78, 5) is 17.4. The molecule has 3 heterocycles. The normalized spacial score (nSPS) is 34.2. The van der Waals surface area contributed by atoms with E-state index in [1.54, 1.807) is 0 Å². The second-order valence-electron chi connectivity index (χ2n) is 7.16. The van der Waals surface area contributed by atoms with E-state index < -0.39 is 0 Å². The smallest absolute Gasteiger partial charge is 0.239 e. The minimum Gasteiger partial charge on any atom is -0.341 e. The molecule has 0 aromatic rings. The molecule has 0 aromatic carbocycles. The van der Waals surface area contributed by atoms with Gasteiger partial charge < -0.3 is 10.2 Å². The molecule has 3 aliphatic heterocycles. The Bertz CT molecular complexity index is 355. The first-order valence-electron chi connectivity index (χ1n) is 8.99. The van der Waals surface area contributed by atoms with Crippen LogP contribution in [0.25, 0.3) is 0 Å². The first-order chi connectivity index (χ1) is 10.2. The molecule has 3 aliphatic rings. The van der Waals surface area contributed by atoms with Crippen LogP contribution >= 0.6 is 0 Å². The Morgan fingerprint density at radius 2 is 1.81 bits per heavy atom. The molecule has 1 N–H and O–H groups in total. The van der Waals surface area contributed by atoms with Gasteiger partial charge in [-0.1, -0.05) is 6.92 Å². The van der Waals surface area contributed by atoms with E-state index >= 15 is 0 Å². The highest BCUT2D eigenvalue weighted by atomic mass is 16.2. The topological polar surface area (TPSA) is 35.6 Å². The lowest BCUT2D eigenvalue weighted by molar-refractivity contribution is -0.138. The molecule has 1 amide bonds. The average Bonchev–Trinajstić information content (AvgIpc) is 2.86. The van der Waals surface area contributed by atoms with E-state index in [-0.39, 0.29) is 6.04 Å². The Labute approximate surface area is 129 Å². The van der Waals surface area contributed by atoms with Crippen LogP contribution in [0.1, 0.15) is 58.8 Å². The highest BCUT2D eigenvalue weighted by Crippen LogP contribution is 2.31. The van der Waals surface area contributed by atoms with E-state index in [0.29, 0.717) is 24.0 Å². The molecule has 3 rings (SSSR count).